The molecule has 1 aliphatic carbocycles. The minimum Gasteiger partial charge on any atom is -0.312 e. The average Bonchev–Trinajstić information content (AvgIpc) is 3.11. The minimum absolute atomic E-state index is 0.119. The quantitative estimate of drug-likeness (QED) is 0.826. The predicted molar refractivity (Wildman–Crippen MR) is 75.9 cm³/mol. The lowest BCUT2D eigenvalue weighted by Crippen LogP contribution is -2.35. The van der Waals surface area contributed by atoms with Gasteiger partial charge in [0.05, 0.1) is 6.54 Å². The standard InChI is InChI=1S/C14H21F3N2S/c1-3-18-7-13-6-11(10(2)20-13)8-19(12-4-5-12)9-14(15,16)17/h6,12,18H,3-5,7-9H2,1-2H3. The van der Waals surface area contributed by atoms with Crippen molar-refractivity contribution in [3.8, 4) is 0 Å². The predicted octanol–water partition coefficient (Wildman–Crippen LogP) is 3.69. The van der Waals surface area contributed by atoms with E-state index < -0.39 is 12.7 Å². The van der Waals surface area contributed by atoms with Crippen molar-refractivity contribution in [2.24, 2.45) is 0 Å². The van der Waals surface area contributed by atoms with E-state index in [2.05, 4.69) is 11.4 Å². The van der Waals surface area contributed by atoms with Crippen LogP contribution in [0.5, 0.6) is 0 Å². The number of halogens is 3. The Hall–Kier alpha value is -0.590. The minimum atomic E-state index is -4.11. The number of rotatable bonds is 7. The number of thiophene rings is 1. The second-order valence-corrected chi connectivity index (χ2v) is 6.67. The van der Waals surface area contributed by atoms with Gasteiger partial charge in [-0.1, -0.05) is 6.92 Å². The fourth-order valence-corrected chi connectivity index (χ4v) is 3.31. The summed E-state index contributed by atoms with van der Waals surface area (Å²) in [5.74, 6) is 0. The van der Waals surface area contributed by atoms with Gasteiger partial charge in [0, 0.05) is 28.9 Å². The molecule has 1 aromatic rings. The van der Waals surface area contributed by atoms with Crippen LogP contribution in [0.4, 0.5) is 13.2 Å². The molecule has 1 aromatic heterocycles. The summed E-state index contributed by atoms with van der Waals surface area (Å²) in [6, 6.07) is 2.17. The molecular formula is C14H21F3N2S. The number of hydrogen-bond donors (Lipinski definition) is 1. The zero-order chi connectivity index (χ0) is 14.8. The summed E-state index contributed by atoms with van der Waals surface area (Å²) in [5, 5.41) is 3.25. The van der Waals surface area contributed by atoms with Crippen molar-refractivity contribution in [1.29, 1.82) is 0 Å². The number of alkyl halides is 3. The van der Waals surface area contributed by atoms with Crippen molar-refractivity contribution in [1.82, 2.24) is 10.2 Å². The highest BCUT2D eigenvalue weighted by Crippen LogP contribution is 2.33. The van der Waals surface area contributed by atoms with E-state index in [1.54, 1.807) is 16.2 Å². The first-order valence-corrected chi connectivity index (χ1v) is 7.80. The fraction of sp³-hybridized carbons (Fsp3) is 0.714. The third-order valence-electron chi connectivity index (χ3n) is 3.44. The first-order valence-electron chi connectivity index (χ1n) is 6.98. The molecule has 20 heavy (non-hydrogen) atoms. The van der Waals surface area contributed by atoms with E-state index in [9.17, 15) is 13.2 Å². The first-order chi connectivity index (χ1) is 9.39. The van der Waals surface area contributed by atoms with Crippen LogP contribution in [0.3, 0.4) is 0 Å². The molecule has 0 aliphatic heterocycles. The Bertz CT molecular complexity index is 438. The largest absolute Gasteiger partial charge is 0.401 e. The van der Waals surface area contributed by atoms with E-state index in [4.69, 9.17) is 0 Å². The van der Waals surface area contributed by atoms with Crippen LogP contribution >= 0.6 is 11.3 Å². The molecule has 114 valence electrons. The third-order valence-corrected chi connectivity index (χ3v) is 4.53. The molecule has 1 saturated carbocycles. The van der Waals surface area contributed by atoms with E-state index in [0.29, 0.717) is 6.54 Å². The summed E-state index contributed by atoms with van der Waals surface area (Å²) < 4.78 is 37.9. The highest BCUT2D eigenvalue weighted by Gasteiger charge is 2.38. The smallest absolute Gasteiger partial charge is 0.312 e. The van der Waals surface area contributed by atoms with Crippen molar-refractivity contribution in [3.63, 3.8) is 0 Å². The van der Waals surface area contributed by atoms with Gasteiger partial charge in [0.2, 0.25) is 0 Å². The molecular weight excluding hydrogens is 285 g/mol. The molecule has 1 fully saturated rings. The van der Waals surface area contributed by atoms with E-state index in [-0.39, 0.29) is 6.04 Å². The zero-order valence-corrected chi connectivity index (χ0v) is 12.7. The van der Waals surface area contributed by atoms with Gasteiger partial charge in [-0.3, -0.25) is 4.90 Å². The lowest BCUT2D eigenvalue weighted by molar-refractivity contribution is -0.148. The Morgan fingerprint density at radius 1 is 1.40 bits per heavy atom. The van der Waals surface area contributed by atoms with E-state index in [0.717, 1.165) is 36.4 Å². The number of hydrogen-bond acceptors (Lipinski definition) is 3. The van der Waals surface area contributed by atoms with Gasteiger partial charge in [-0.05, 0) is 37.9 Å². The average molecular weight is 306 g/mol. The number of nitrogens with zero attached hydrogens (tertiary/aromatic N) is 1. The molecule has 2 nitrogen and oxygen atoms in total. The van der Waals surface area contributed by atoms with Crippen LogP contribution in [0.25, 0.3) is 0 Å². The van der Waals surface area contributed by atoms with Gasteiger partial charge < -0.3 is 5.32 Å². The molecule has 0 amide bonds. The lowest BCUT2D eigenvalue weighted by atomic mass is 10.2. The second kappa shape index (κ2) is 6.45. The molecule has 0 unspecified atom stereocenters. The Labute approximate surface area is 122 Å². The summed E-state index contributed by atoms with van der Waals surface area (Å²) in [5.41, 5.74) is 1.04. The Morgan fingerprint density at radius 3 is 2.65 bits per heavy atom. The van der Waals surface area contributed by atoms with E-state index >= 15 is 0 Å². The molecule has 0 saturated heterocycles. The molecule has 1 heterocycles. The maximum absolute atomic E-state index is 12.6. The molecule has 0 aromatic carbocycles. The van der Waals surface area contributed by atoms with Crippen LogP contribution in [0, 0.1) is 6.92 Å². The maximum atomic E-state index is 12.6. The molecule has 0 bridgehead atoms. The van der Waals surface area contributed by atoms with Crippen molar-refractivity contribution in [3.05, 3.63) is 21.4 Å². The van der Waals surface area contributed by atoms with Crippen LogP contribution in [0.15, 0.2) is 6.07 Å². The summed E-state index contributed by atoms with van der Waals surface area (Å²) in [4.78, 5) is 3.90. The first kappa shape index (κ1) is 15.8. The second-order valence-electron chi connectivity index (χ2n) is 5.33. The van der Waals surface area contributed by atoms with Crippen molar-refractivity contribution >= 4 is 11.3 Å². The molecule has 1 aliphatic rings. The fourth-order valence-electron chi connectivity index (χ4n) is 2.28. The highest BCUT2D eigenvalue weighted by molar-refractivity contribution is 7.12. The SMILES string of the molecule is CCNCc1cc(CN(CC(F)(F)F)C2CC2)c(C)s1. The Balaban J connectivity index is 2.01. The number of nitrogens with one attached hydrogen (secondary N) is 1. The van der Waals surface area contributed by atoms with Gasteiger partial charge in [0.15, 0.2) is 0 Å². The summed E-state index contributed by atoms with van der Waals surface area (Å²) >= 11 is 1.68. The van der Waals surface area contributed by atoms with Gasteiger partial charge in [0.1, 0.15) is 0 Å². The van der Waals surface area contributed by atoms with Crippen molar-refractivity contribution in [2.75, 3.05) is 13.1 Å². The van der Waals surface area contributed by atoms with Gasteiger partial charge in [0.25, 0.3) is 0 Å². The molecule has 0 atom stereocenters. The number of aryl methyl sites for hydroxylation is 1. The van der Waals surface area contributed by atoms with Crippen LogP contribution in [-0.4, -0.2) is 30.2 Å². The van der Waals surface area contributed by atoms with Crippen molar-refractivity contribution in [2.45, 2.75) is 52.0 Å². The summed E-state index contributed by atoms with van der Waals surface area (Å²) in [6.45, 7) is 5.35. The molecule has 0 radical (unpaired) electrons. The Kier molecular flexibility index (Phi) is 5.09. The summed E-state index contributed by atoms with van der Waals surface area (Å²) in [7, 11) is 0. The molecule has 2 rings (SSSR count). The van der Waals surface area contributed by atoms with Gasteiger partial charge in [-0.25, -0.2) is 0 Å². The molecule has 0 spiro atoms. The van der Waals surface area contributed by atoms with Crippen LogP contribution in [0.2, 0.25) is 0 Å². The van der Waals surface area contributed by atoms with Gasteiger partial charge >= 0.3 is 6.18 Å². The summed E-state index contributed by atoms with van der Waals surface area (Å²) in [6.07, 6.45) is -2.33. The highest BCUT2D eigenvalue weighted by atomic mass is 32.1. The molecule has 6 heteroatoms. The van der Waals surface area contributed by atoms with Gasteiger partial charge in [-0.15, -0.1) is 11.3 Å². The van der Waals surface area contributed by atoms with E-state index in [1.807, 2.05) is 13.8 Å². The topological polar surface area (TPSA) is 15.3 Å². The monoisotopic (exact) mass is 306 g/mol. The maximum Gasteiger partial charge on any atom is 0.401 e. The van der Waals surface area contributed by atoms with Gasteiger partial charge in [-0.2, -0.15) is 13.2 Å². The molecule has 1 N–H and O–H groups in total. The normalized spacial score (nSPS) is 16.1. The van der Waals surface area contributed by atoms with Crippen molar-refractivity contribution < 1.29 is 13.2 Å². The van der Waals surface area contributed by atoms with Crippen LogP contribution in [-0.2, 0) is 13.1 Å². The zero-order valence-electron chi connectivity index (χ0n) is 11.9. The van der Waals surface area contributed by atoms with Crippen LogP contribution in [0.1, 0.15) is 35.1 Å². The van der Waals surface area contributed by atoms with E-state index in [1.165, 1.54) is 4.88 Å². The Morgan fingerprint density at radius 2 is 2.10 bits per heavy atom. The lowest BCUT2D eigenvalue weighted by Gasteiger charge is -2.23. The van der Waals surface area contributed by atoms with Crippen LogP contribution < -0.4 is 5.32 Å². The third kappa shape index (κ3) is 4.75.